The van der Waals surface area contributed by atoms with Crippen LogP contribution in [0.2, 0.25) is 10.0 Å². The fourth-order valence-electron chi connectivity index (χ4n) is 1.56. The first-order valence-corrected chi connectivity index (χ1v) is 9.78. The van der Waals surface area contributed by atoms with Gasteiger partial charge in [0.25, 0.3) is 0 Å². The smallest absolute Gasteiger partial charge is 0.192 e. The quantitative estimate of drug-likeness (QED) is 0.156. The van der Waals surface area contributed by atoms with Crippen LogP contribution in [-0.2, 0) is 12.4 Å². The second kappa shape index (κ2) is 9.52. The predicted octanol–water partition coefficient (Wildman–Crippen LogP) is 8.72. The van der Waals surface area contributed by atoms with E-state index in [1.807, 2.05) is 22.6 Å². The molecule has 27 heavy (non-hydrogen) atoms. The standard InChI is InChI=1S/C8H2BrClF3N.C7H2BrClF3I/c9-6-1-4(8(11,12)13)2-7(10)5(6)3-14;8-4-1-3(7(10,11)12)2-5(9)6(4)13/h1-2H;1-2H. The zero-order valence-corrected chi connectivity index (χ0v) is 19.3. The van der Waals surface area contributed by atoms with E-state index in [-0.39, 0.29) is 20.1 Å². The van der Waals surface area contributed by atoms with Crippen molar-refractivity contribution in [1.82, 2.24) is 0 Å². The Morgan fingerprint density at radius 1 is 0.815 bits per heavy atom. The summed E-state index contributed by atoms with van der Waals surface area (Å²) in [5.74, 6) is 0. The average molecular weight is 670 g/mol. The van der Waals surface area contributed by atoms with Crippen LogP contribution in [0.4, 0.5) is 26.3 Å². The summed E-state index contributed by atoms with van der Waals surface area (Å²) in [5.41, 5.74) is -1.63. The maximum Gasteiger partial charge on any atom is 0.416 e. The second-order valence-corrected chi connectivity index (χ2v) is 8.28. The lowest BCUT2D eigenvalue weighted by Gasteiger charge is -2.08. The van der Waals surface area contributed by atoms with Crippen molar-refractivity contribution in [1.29, 1.82) is 5.26 Å². The summed E-state index contributed by atoms with van der Waals surface area (Å²) in [4.78, 5) is 0. The average Bonchev–Trinajstić information content (AvgIpc) is 2.50. The van der Waals surface area contributed by atoms with Crippen LogP contribution >= 0.6 is 77.7 Å². The Labute approximate surface area is 190 Å². The number of hydrogen-bond acceptors (Lipinski definition) is 1. The lowest BCUT2D eigenvalue weighted by molar-refractivity contribution is -0.138. The van der Waals surface area contributed by atoms with E-state index in [1.165, 1.54) is 0 Å². The molecule has 0 saturated carbocycles. The molecule has 146 valence electrons. The maximum absolute atomic E-state index is 12.2. The molecule has 0 N–H and O–H groups in total. The molecule has 2 aromatic rings. The van der Waals surface area contributed by atoms with Crippen LogP contribution in [0, 0.1) is 14.9 Å². The Morgan fingerprint density at radius 3 is 1.56 bits per heavy atom. The predicted molar refractivity (Wildman–Crippen MR) is 106 cm³/mol. The molecule has 0 bridgehead atoms. The molecule has 0 amide bonds. The van der Waals surface area contributed by atoms with Gasteiger partial charge in [-0.2, -0.15) is 31.6 Å². The fraction of sp³-hybridized carbons (Fsp3) is 0.133. The first kappa shape index (κ1) is 24.8. The summed E-state index contributed by atoms with van der Waals surface area (Å²) in [5, 5.41) is 8.43. The molecule has 0 aliphatic carbocycles. The molecule has 0 unspecified atom stereocenters. The van der Waals surface area contributed by atoms with E-state index in [2.05, 4.69) is 31.9 Å². The highest BCUT2D eigenvalue weighted by Crippen LogP contribution is 2.37. The molecule has 0 heterocycles. The minimum atomic E-state index is -4.46. The maximum atomic E-state index is 12.2. The Balaban J connectivity index is 0.000000271. The van der Waals surface area contributed by atoms with E-state index >= 15 is 0 Å². The van der Waals surface area contributed by atoms with Crippen LogP contribution in [0.1, 0.15) is 16.7 Å². The van der Waals surface area contributed by atoms with Gasteiger partial charge in [-0.1, -0.05) is 23.2 Å². The Hall–Kier alpha value is -0.220. The van der Waals surface area contributed by atoms with Gasteiger partial charge in [-0.3, -0.25) is 0 Å². The third kappa shape index (κ3) is 6.96. The van der Waals surface area contributed by atoms with Crippen LogP contribution in [0.15, 0.2) is 33.2 Å². The van der Waals surface area contributed by atoms with Gasteiger partial charge >= 0.3 is 12.4 Å². The molecular weight excluding hydrogens is 666 g/mol. The molecule has 0 aliphatic rings. The molecule has 0 aromatic heterocycles. The number of benzene rings is 2. The molecule has 0 aliphatic heterocycles. The summed E-state index contributed by atoms with van der Waals surface area (Å²) in [7, 11) is 0. The van der Waals surface area contributed by atoms with Crippen LogP contribution in [-0.4, -0.2) is 0 Å². The van der Waals surface area contributed by atoms with E-state index in [9.17, 15) is 26.3 Å². The van der Waals surface area contributed by atoms with Gasteiger partial charge in [-0.25, -0.2) is 0 Å². The van der Waals surface area contributed by atoms with E-state index < -0.39 is 23.5 Å². The zero-order chi connectivity index (χ0) is 21.2. The van der Waals surface area contributed by atoms with Crippen molar-refractivity contribution < 1.29 is 26.3 Å². The number of nitriles is 1. The van der Waals surface area contributed by atoms with Gasteiger partial charge in [0, 0.05) is 12.5 Å². The molecule has 0 atom stereocenters. The minimum Gasteiger partial charge on any atom is -0.192 e. The summed E-state index contributed by atoms with van der Waals surface area (Å²) < 4.78 is 74.2. The third-order valence-corrected chi connectivity index (χ3v) is 6.86. The van der Waals surface area contributed by atoms with Gasteiger partial charge in [0.1, 0.15) is 6.07 Å². The van der Waals surface area contributed by atoms with E-state index in [0.29, 0.717) is 8.04 Å². The SMILES string of the molecule is FC(F)(F)c1cc(Cl)c(I)c(Br)c1.N#Cc1c(Cl)cc(C(F)(F)F)cc1Br. The van der Waals surface area contributed by atoms with Crippen molar-refractivity contribution in [3.8, 4) is 6.07 Å². The lowest BCUT2D eigenvalue weighted by atomic mass is 10.1. The second-order valence-electron chi connectivity index (χ2n) is 4.68. The van der Waals surface area contributed by atoms with Crippen LogP contribution in [0.5, 0.6) is 0 Å². The Bertz CT molecular complexity index is 847. The van der Waals surface area contributed by atoms with Crippen molar-refractivity contribution in [2.75, 3.05) is 0 Å². The lowest BCUT2D eigenvalue weighted by Crippen LogP contribution is -2.05. The minimum absolute atomic E-state index is 0.000309. The molecule has 2 rings (SSSR count). The number of nitrogens with zero attached hydrogens (tertiary/aromatic N) is 1. The molecule has 0 saturated heterocycles. The van der Waals surface area contributed by atoms with Crippen molar-refractivity contribution in [3.05, 3.63) is 63.5 Å². The van der Waals surface area contributed by atoms with E-state index in [1.54, 1.807) is 6.07 Å². The highest BCUT2D eigenvalue weighted by atomic mass is 127. The van der Waals surface area contributed by atoms with Crippen LogP contribution < -0.4 is 0 Å². The highest BCUT2D eigenvalue weighted by molar-refractivity contribution is 14.1. The number of rotatable bonds is 0. The normalized spacial score (nSPS) is 11.5. The van der Waals surface area contributed by atoms with E-state index in [0.717, 1.165) is 24.3 Å². The Morgan fingerprint density at radius 2 is 1.22 bits per heavy atom. The van der Waals surface area contributed by atoms with E-state index in [4.69, 9.17) is 28.5 Å². The van der Waals surface area contributed by atoms with Gasteiger partial charge in [0.15, 0.2) is 0 Å². The largest absolute Gasteiger partial charge is 0.416 e. The van der Waals surface area contributed by atoms with Crippen molar-refractivity contribution in [3.63, 3.8) is 0 Å². The zero-order valence-electron chi connectivity index (χ0n) is 12.4. The van der Waals surface area contributed by atoms with Gasteiger partial charge in [0.2, 0.25) is 0 Å². The molecule has 1 nitrogen and oxygen atoms in total. The fourth-order valence-corrected chi connectivity index (χ4v) is 3.59. The number of alkyl halides is 6. The monoisotopic (exact) mass is 667 g/mol. The van der Waals surface area contributed by atoms with Crippen molar-refractivity contribution in [2.45, 2.75) is 12.4 Å². The molecule has 0 radical (unpaired) electrons. The van der Waals surface area contributed by atoms with Gasteiger partial charge in [-0.05, 0) is 78.7 Å². The van der Waals surface area contributed by atoms with Gasteiger partial charge < -0.3 is 0 Å². The molecule has 0 spiro atoms. The van der Waals surface area contributed by atoms with Gasteiger partial charge in [-0.15, -0.1) is 0 Å². The topological polar surface area (TPSA) is 23.8 Å². The molecular formula is C15H4Br2Cl2F6IN. The summed E-state index contributed by atoms with van der Waals surface area (Å²) in [6, 6.07) is 5.17. The molecule has 2 aromatic carbocycles. The third-order valence-electron chi connectivity index (χ3n) is 2.79. The molecule has 12 heteroatoms. The van der Waals surface area contributed by atoms with Crippen LogP contribution in [0.25, 0.3) is 0 Å². The first-order chi connectivity index (χ1) is 12.2. The molecule has 0 fully saturated rings. The van der Waals surface area contributed by atoms with Crippen LogP contribution in [0.3, 0.4) is 0 Å². The van der Waals surface area contributed by atoms with Crippen molar-refractivity contribution >= 4 is 77.7 Å². The highest BCUT2D eigenvalue weighted by Gasteiger charge is 2.32. The first-order valence-electron chi connectivity index (χ1n) is 6.36. The summed E-state index contributed by atoms with van der Waals surface area (Å²) in [6.07, 6.45) is -8.81. The number of hydrogen-bond donors (Lipinski definition) is 0. The number of halogens is 11. The van der Waals surface area contributed by atoms with Gasteiger partial charge in [0.05, 0.1) is 26.7 Å². The Kier molecular flexibility index (Phi) is 8.75. The summed E-state index contributed by atoms with van der Waals surface area (Å²) >= 11 is 18.8. The van der Waals surface area contributed by atoms with Crippen molar-refractivity contribution in [2.24, 2.45) is 0 Å². The summed E-state index contributed by atoms with van der Waals surface area (Å²) in [6.45, 7) is 0.